The Bertz CT molecular complexity index is 390. The Morgan fingerprint density at radius 3 is 2.65 bits per heavy atom. The van der Waals surface area contributed by atoms with Gasteiger partial charge in [0.2, 0.25) is 0 Å². The van der Waals surface area contributed by atoms with E-state index in [9.17, 15) is 0 Å². The molecule has 4 nitrogen and oxygen atoms in total. The van der Waals surface area contributed by atoms with E-state index in [-0.39, 0.29) is 17.8 Å². The molecule has 0 aliphatic carbocycles. The average molecular weight is 235 g/mol. The third-order valence-corrected chi connectivity index (χ3v) is 3.01. The summed E-state index contributed by atoms with van der Waals surface area (Å²) in [6.07, 6.45) is 0. The molecule has 0 fully saturated rings. The highest BCUT2D eigenvalue weighted by Crippen LogP contribution is 2.16. The lowest BCUT2D eigenvalue weighted by atomic mass is 10.0. The number of amidine groups is 1. The number of nitrogens with zero attached hydrogens (tertiary/aromatic N) is 1. The van der Waals surface area contributed by atoms with E-state index in [1.807, 2.05) is 19.1 Å². The van der Waals surface area contributed by atoms with Crippen molar-refractivity contribution in [1.29, 1.82) is 0 Å². The van der Waals surface area contributed by atoms with Crippen LogP contribution in [-0.4, -0.2) is 17.6 Å². The molecule has 0 radical (unpaired) electrons. The van der Waals surface area contributed by atoms with Crippen molar-refractivity contribution in [3.8, 4) is 0 Å². The maximum atomic E-state index is 8.57. The van der Waals surface area contributed by atoms with Crippen molar-refractivity contribution >= 4 is 5.84 Å². The fraction of sp³-hybridized carbons (Fsp3) is 0.462. The van der Waals surface area contributed by atoms with Gasteiger partial charge in [-0.25, -0.2) is 0 Å². The first-order valence-electron chi connectivity index (χ1n) is 5.82. The van der Waals surface area contributed by atoms with Gasteiger partial charge in [0.15, 0.2) is 0 Å². The number of nitrogens with two attached hydrogens (primary N) is 1. The molecule has 0 aromatic heterocycles. The van der Waals surface area contributed by atoms with E-state index < -0.39 is 0 Å². The summed E-state index contributed by atoms with van der Waals surface area (Å²) >= 11 is 0. The van der Waals surface area contributed by atoms with Crippen molar-refractivity contribution in [2.45, 2.75) is 26.8 Å². The number of aryl methyl sites for hydroxylation is 1. The molecular weight excluding hydrogens is 214 g/mol. The van der Waals surface area contributed by atoms with Gasteiger partial charge in [-0.3, -0.25) is 0 Å². The predicted octanol–water partition coefficient (Wildman–Crippen LogP) is 2.03. The predicted molar refractivity (Wildman–Crippen MR) is 70.2 cm³/mol. The highest BCUT2D eigenvalue weighted by atomic mass is 16.4. The van der Waals surface area contributed by atoms with Crippen LogP contribution in [0.15, 0.2) is 29.4 Å². The first kappa shape index (κ1) is 13.5. The number of nitrogens with one attached hydrogen (secondary N) is 1. The van der Waals surface area contributed by atoms with Crippen molar-refractivity contribution in [1.82, 2.24) is 5.32 Å². The second-order valence-electron chi connectivity index (χ2n) is 4.41. The van der Waals surface area contributed by atoms with Gasteiger partial charge in [0.1, 0.15) is 5.84 Å². The van der Waals surface area contributed by atoms with Crippen LogP contribution in [0.4, 0.5) is 0 Å². The molecule has 0 saturated heterocycles. The van der Waals surface area contributed by atoms with E-state index in [0.29, 0.717) is 6.54 Å². The average Bonchev–Trinajstić information content (AvgIpc) is 2.35. The molecule has 0 aliphatic rings. The summed E-state index contributed by atoms with van der Waals surface area (Å²) in [5, 5.41) is 15.0. The number of hydrogen-bond donors (Lipinski definition) is 3. The molecule has 1 unspecified atom stereocenters. The summed E-state index contributed by atoms with van der Waals surface area (Å²) in [4.78, 5) is 0. The summed E-state index contributed by atoms with van der Waals surface area (Å²) in [7, 11) is 0. The van der Waals surface area contributed by atoms with Gasteiger partial charge in [0.25, 0.3) is 0 Å². The molecule has 0 saturated carbocycles. The summed E-state index contributed by atoms with van der Waals surface area (Å²) in [5.74, 6) is 0.279. The lowest BCUT2D eigenvalue weighted by molar-refractivity contribution is 0.313. The van der Waals surface area contributed by atoms with Crippen LogP contribution in [0.3, 0.4) is 0 Å². The van der Waals surface area contributed by atoms with Crippen LogP contribution in [0.25, 0.3) is 0 Å². The first-order chi connectivity index (χ1) is 8.06. The molecule has 17 heavy (non-hydrogen) atoms. The SMILES string of the molecule is Cc1ccccc1[C@H](C)NCC(C)/C(N)=N/O. The highest BCUT2D eigenvalue weighted by molar-refractivity contribution is 5.82. The summed E-state index contributed by atoms with van der Waals surface area (Å²) in [6, 6.07) is 8.53. The number of rotatable bonds is 5. The summed E-state index contributed by atoms with van der Waals surface area (Å²) in [6.45, 7) is 6.82. The normalized spacial score (nSPS) is 15.6. The van der Waals surface area contributed by atoms with Gasteiger partial charge in [0.05, 0.1) is 0 Å². The smallest absolute Gasteiger partial charge is 0.143 e. The second-order valence-corrected chi connectivity index (χ2v) is 4.41. The van der Waals surface area contributed by atoms with Crippen LogP contribution in [0, 0.1) is 12.8 Å². The molecule has 0 heterocycles. The third kappa shape index (κ3) is 3.75. The molecule has 4 N–H and O–H groups in total. The Kier molecular flexibility index (Phi) is 4.97. The van der Waals surface area contributed by atoms with Crippen molar-refractivity contribution < 1.29 is 5.21 Å². The van der Waals surface area contributed by atoms with Gasteiger partial charge >= 0.3 is 0 Å². The second kappa shape index (κ2) is 6.25. The molecule has 0 aliphatic heterocycles. The van der Waals surface area contributed by atoms with Gasteiger partial charge < -0.3 is 16.3 Å². The fourth-order valence-corrected chi connectivity index (χ4v) is 1.74. The minimum atomic E-state index is 0.0199. The zero-order valence-electron chi connectivity index (χ0n) is 10.6. The summed E-state index contributed by atoms with van der Waals surface area (Å²) in [5.41, 5.74) is 8.08. The van der Waals surface area contributed by atoms with Gasteiger partial charge in [-0.1, -0.05) is 36.3 Å². The molecule has 1 aromatic rings. The Hall–Kier alpha value is -1.55. The zero-order chi connectivity index (χ0) is 12.8. The van der Waals surface area contributed by atoms with E-state index in [0.717, 1.165) is 0 Å². The topological polar surface area (TPSA) is 70.6 Å². The fourth-order valence-electron chi connectivity index (χ4n) is 1.74. The molecule has 0 spiro atoms. The van der Waals surface area contributed by atoms with Gasteiger partial charge in [-0.2, -0.15) is 0 Å². The van der Waals surface area contributed by atoms with Crippen LogP contribution in [0.1, 0.15) is 31.0 Å². The quantitative estimate of drug-likeness (QED) is 0.316. The van der Waals surface area contributed by atoms with E-state index >= 15 is 0 Å². The summed E-state index contributed by atoms with van der Waals surface area (Å²) < 4.78 is 0. The Labute approximate surface area is 103 Å². The standard InChI is InChI=1S/C13H21N3O/c1-9-6-4-5-7-12(9)11(3)15-8-10(2)13(14)16-17/h4-7,10-11,15,17H,8H2,1-3H3,(H2,14,16)/t10?,11-/m0/s1. The highest BCUT2D eigenvalue weighted by Gasteiger charge is 2.11. The van der Waals surface area contributed by atoms with Crippen molar-refractivity contribution in [2.75, 3.05) is 6.54 Å². The van der Waals surface area contributed by atoms with Gasteiger partial charge in [0, 0.05) is 18.5 Å². The maximum absolute atomic E-state index is 8.57. The van der Waals surface area contributed by atoms with Crippen LogP contribution >= 0.6 is 0 Å². The number of oxime groups is 1. The molecule has 0 bridgehead atoms. The van der Waals surface area contributed by atoms with Crippen LogP contribution in [-0.2, 0) is 0 Å². The zero-order valence-corrected chi connectivity index (χ0v) is 10.6. The lowest BCUT2D eigenvalue weighted by Gasteiger charge is -2.19. The lowest BCUT2D eigenvalue weighted by Crippen LogP contribution is -2.32. The number of benzene rings is 1. The third-order valence-electron chi connectivity index (χ3n) is 3.01. The van der Waals surface area contributed by atoms with E-state index in [1.54, 1.807) is 0 Å². The molecule has 1 rings (SSSR count). The Morgan fingerprint density at radius 2 is 2.06 bits per heavy atom. The van der Waals surface area contributed by atoms with Crippen molar-refractivity contribution in [3.05, 3.63) is 35.4 Å². The first-order valence-corrected chi connectivity index (χ1v) is 5.82. The maximum Gasteiger partial charge on any atom is 0.143 e. The van der Waals surface area contributed by atoms with Crippen LogP contribution < -0.4 is 11.1 Å². The van der Waals surface area contributed by atoms with Crippen LogP contribution in [0.5, 0.6) is 0 Å². The number of hydrogen-bond acceptors (Lipinski definition) is 3. The molecular formula is C13H21N3O. The van der Waals surface area contributed by atoms with Crippen molar-refractivity contribution in [3.63, 3.8) is 0 Å². The Balaban J connectivity index is 2.56. The molecule has 94 valence electrons. The molecule has 1 aromatic carbocycles. The van der Waals surface area contributed by atoms with Gasteiger partial charge in [-0.15, -0.1) is 0 Å². The molecule has 4 heteroatoms. The van der Waals surface area contributed by atoms with Crippen molar-refractivity contribution in [2.24, 2.45) is 16.8 Å². The molecule has 2 atom stereocenters. The molecule has 0 amide bonds. The largest absolute Gasteiger partial charge is 0.409 e. The van der Waals surface area contributed by atoms with E-state index in [4.69, 9.17) is 10.9 Å². The Morgan fingerprint density at radius 1 is 1.41 bits per heavy atom. The van der Waals surface area contributed by atoms with E-state index in [1.165, 1.54) is 11.1 Å². The minimum absolute atomic E-state index is 0.0199. The minimum Gasteiger partial charge on any atom is -0.409 e. The van der Waals surface area contributed by atoms with Gasteiger partial charge in [-0.05, 0) is 25.0 Å². The monoisotopic (exact) mass is 235 g/mol. The van der Waals surface area contributed by atoms with E-state index in [2.05, 4.69) is 36.5 Å². The van der Waals surface area contributed by atoms with Crippen LogP contribution in [0.2, 0.25) is 0 Å².